The molecule has 0 fully saturated rings. The van der Waals surface area contributed by atoms with Gasteiger partial charge in [0.25, 0.3) is 5.69 Å². The van der Waals surface area contributed by atoms with Crippen LogP contribution in [0.25, 0.3) is 22.3 Å². The second-order valence-electron chi connectivity index (χ2n) is 4.98. The molecule has 1 aromatic heterocycles. The highest BCUT2D eigenvalue weighted by Gasteiger charge is 2.18. The maximum absolute atomic E-state index is 13.0. The highest BCUT2D eigenvalue weighted by molar-refractivity contribution is 6.03. The predicted octanol–water partition coefficient (Wildman–Crippen LogP) is 4.61. The molecule has 3 rings (SSSR count). The minimum Gasteiger partial charge on any atom is -0.455 e. The van der Waals surface area contributed by atoms with Gasteiger partial charge < -0.3 is 9.15 Å². The number of non-ortho nitro benzene ring substituents is 1. The number of nitro benzene ring substituents is 1. The molecule has 0 aliphatic carbocycles. The van der Waals surface area contributed by atoms with E-state index in [4.69, 9.17) is 4.42 Å². The van der Waals surface area contributed by atoms with Crippen LogP contribution in [0.5, 0.6) is 0 Å². The van der Waals surface area contributed by atoms with E-state index in [1.165, 1.54) is 42.5 Å². The molecule has 0 saturated heterocycles. The maximum Gasteiger partial charge on any atom is 0.273 e. The number of methoxy groups -OCH3 is 1. The summed E-state index contributed by atoms with van der Waals surface area (Å²) in [6, 6.07) is 9.49. The minimum atomic E-state index is -0.542. The van der Waals surface area contributed by atoms with Gasteiger partial charge >= 0.3 is 0 Å². The van der Waals surface area contributed by atoms with Crippen LogP contribution in [-0.2, 0) is 4.74 Å². The molecule has 3 aromatic rings. The average Bonchev–Trinajstić information content (AvgIpc) is 3.00. The number of halogens is 1. The lowest BCUT2D eigenvalue weighted by Gasteiger charge is -1.97. The Bertz CT molecular complexity index is 884. The molecule has 0 saturated carbocycles. The number of carbonyl (C=O) groups excluding carboxylic acids is 1. The summed E-state index contributed by atoms with van der Waals surface area (Å²) < 4.78 is 23.0. The van der Waals surface area contributed by atoms with Gasteiger partial charge in [-0.1, -0.05) is 0 Å². The van der Waals surface area contributed by atoms with Crippen molar-refractivity contribution < 1.29 is 23.3 Å². The van der Waals surface area contributed by atoms with Crippen molar-refractivity contribution in [1.29, 1.82) is 0 Å². The summed E-state index contributed by atoms with van der Waals surface area (Å²) in [5.41, 5.74) is 0.925. The Morgan fingerprint density at radius 1 is 1.24 bits per heavy atom. The van der Waals surface area contributed by atoms with Gasteiger partial charge in [-0.05, 0) is 37.3 Å². The monoisotopic (exact) mass is 345 g/mol. The number of aldehydes is 1. The quantitative estimate of drug-likeness (QED) is 0.392. The first-order valence-electron chi connectivity index (χ1n) is 7.42. The first-order chi connectivity index (χ1) is 12.0. The van der Waals surface area contributed by atoms with Crippen molar-refractivity contribution in [2.24, 2.45) is 0 Å². The molecular weight excluding hydrogens is 329 g/mol. The van der Waals surface area contributed by atoms with Gasteiger partial charge in [0.05, 0.1) is 16.6 Å². The zero-order valence-electron chi connectivity index (χ0n) is 13.7. The molecule has 0 amide bonds. The standard InChI is InChI=1S/C15H8FNO4.C3H8O/c16-10-3-1-9(2-4-10)15-13(8-18)12-6-5-11(17(19)20)7-14(12)21-15;1-3-4-2/h1-8H;3H2,1-2H3. The fourth-order valence-electron chi connectivity index (χ4n) is 2.15. The van der Waals surface area contributed by atoms with Gasteiger partial charge in [-0.15, -0.1) is 0 Å². The number of fused-ring (bicyclic) bond motifs is 1. The summed E-state index contributed by atoms with van der Waals surface area (Å²) in [5.74, 6) is -0.140. The van der Waals surface area contributed by atoms with Gasteiger partial charge in [-0.3, -0.25) is 14.9 Å². The lowest BCUT2D eigenvalue weighted by atomic mass is 10.1. The fourth-order valence-corrected chi connectivity index (χ4v) is 2.15. The largest absolute Gasteiger partial charge is 0.455 e. The Labute approximate surface area is 143 Å². The second kappa shape index (κ2) is 8.16. The smallest absolute Gasteiger partial charge is 0.273 e. The molecule has 2 aromatic carbocycles. The molecule has 0 radical (unpaired) electrons. The third kappa shape index (κ3) is 4.07. The van der Waals surface area contributed by atoms with Gasteiger partial charge in [0.1, 0.15) is 17.2 Å². The number of rotatable bonds is 4. The van der Waals surface area contributed by atoms with E-state index in [-0.39, 0.29) is 22.6 Å². The summed E-state index contributed by atoms with van der Waals surface area (Å²) in [6.07, 6.45) is 0.621. The summed E-state index contributed by atoms with van der Waals surface area (Å²) in [4.78, 5) is 21.5. The van der Waals surface area contributed by atoms with Crippen molar-refractivity contribution in [2.75, 3.05) is 13.7 Å². The summed E-state index contributed by atoms with van der Waals surface area (Å²) in [5, 5.41) is 11.2. The van der Waals surface area contributed by atoms with Crippen LogP contribution in [0.2, 0.25) is 0 Å². The lowest BCUT2D eigenvalue weighted by molar-refractivity contribution is -0.384. The van der Waals surface area contributed by atoms with Crippen molar-refractivity contribution in [2.45, 2.75) is 6.92 Å². The second-order valence-corrected chi connectivity index (χ2v) is 4.98. The number of carbonyl (C=O) groups is 1. The molecule has 7 heteroatoms. The number of benzene rings is 2. The summed E-state index contributed by atoms with van der Waals surface area (Å²) in [7, 11) is 1.68. The van der Waals surface area contributed by atoms with E-state index in [9.17, 15) is 19.3 Å². The van der Waals surface area contributed by atoms with Gasteiger partial charge in [0.15, 0.2) is 6.29 Å². The van der Waals surface area contributed by atoms with E-state index < -0.39 is 10.7 Å². The van der Waals surface area contributed by atoms with Crippen molar-refractivity contribution >= 4 is 22.9 Å². The molecule has 0 N–H and O–H groups in total. The van der Waals surface area contributed by atoms with E-state index in [0.717, 1.165) is 6.61 Å². The van der Waals surface area contributed by atoms with Crippen LogP contribution in [0.1, 0.15) is 17.3 Å². The van der Waals surface area contributed by atoms with Gasteiger partial charge in [-0.25, -0.2) is 4.39 Å². The van der Waals surface area contributed by atoms with E-state index in [1.54, 1.807) is 7.11 Å². The average molecular weight is 345 g/mol. The van der Waals surface area contributed by atoms with Crippen LogP contribution >= 0.6 is 0 Å². The summed E-state index contributed by atoms with van der Waals surface area (Å²) in [6.45, 7) is 2.78. The van der Waals surface area contributed by atoms with Crippen LogP contribution in [0.4, 0.5) is 10.1 Å². The summed E-state index contributed by atoms with van der Waals surface area (Å²) >= 11 is 0. The third-order valence-corrected chi connectivity index (χ3v) is 3.44. The van der Waals surface area contributed by atoms with Crippen LogP contribution in [0.15, 0.2) is 46.9 Å². The van der Waals surface area contributed by atoms with E-state index in [2.05, 4.69) is 4.74 Å². The molecule has 25 heavy (non-hydrogen) atoms. The first kappa shape index (κ1) is 18.3. The number of hydrogen-bond donors (Lipinski definition) is 0. The van der Waals surface area contributed by atoms with Crippen molar-refractivity contribution in [1.82, 2.24) is 0 Å². The molecule has 0 atom stereocenters. The molecule has 0 aliphatic heterocycles. The number of ether oxygens (including phenoxy) is 1. The Balaban J connectivity index is 0.000000511. The Kier molecular flexibility index (Phi) is 5.97. The molecule has 130 valence electrons. The zero-order chi connectivity index (χ0) is 18.4. The molecular formula is C18H16FNO5. The van der Waals surface area contributed by atoms with Crippen LogP contribution in [0, 0.1) is 15.9 Å². The lowest BCUT2D eigenvalue weighted by Crippen LogP contribution is -1.86. The van der Waals surface area contributed by atoms with E-state index >= 15 is 0 Å². The van der Waals surface area contributed by atoms with Crippen LogP contribution in [0.3, 0.4) is 0 Å². The van der Waals surface area contributed by atoms with Crippen molar-refractivity contribution in [3.8, 4) is 11.3 Å². The first-order valence-corrected chi connectivity index (χ1v) is 7.42. The topological polar surface area (TPSA) is 82.6 Å². The molecule has 0 bridgehead atoms. The van der Waals surface area contributed by atoms with Crippen molar-refractivity contribution in [3.63, 3.8) is 0 Å². The number of nitrogens with zero attached hydrogens (tertiary/aromatic N) is 1. The fraction of sp³-hybridized carbons (Fsp3) is 0.167. The molecule has 6 nitrogen and oxygen atoms in total. The molecule has 0 spiro atoms. The van der Waals surface area contributed by atoms with E-state index in [1.807, 2.05) is 6.92 Å². The van der Waals surface area contributed by atoms with E-state index in [0.29, 0.717) is 17.2 Å². The highest BCUT2D eigenvalue weighted by atomic mass is 19.1. The third-order valence-electron chi connectivity index (χ3n) is 3.44. The van der Waals surface area contributed by atoms with Gasteiger partial charge in [-0.2, -0.15) is 0 Å². The van der Waals surface area contributed by atoms with Gasteiger partial charge in [0.2, 0.25) is 0 Å². The minimum absolute atomic E-state index is 0.126. The zero-order valence-corrected chi connectivity index (χ0v) is 13.7. The molecule has 0 aliphatic rings. The van der Waals surface area contributed by atoms with Crippen LogP contribution in [-0.4, -0.2) is 24.9 Å². The van der Waals surface area contributed by atoms with Gasteiger partial charge in [0, 0.05) is 30.7 Å². The predicted molar refractivity (Wildman–Crippen MR) is 91.2 cm³/mol. The number of furan rings is 1. The normalized spacial score (nSPS) is 10.2. The molecule has 0 unspecified atom stereocenters. The SMILES string of the molecule is CCOC.O=Cc1c(-c2ccc(F)cc2)oc2cc([N+](=O)[O-])ccc12. The Morgan fingerprint density at radius 3 is 2.40 bits per heavy atom. The van der Waals surface area contributed by atoms with Crippen molar-refractivity contribution in [3.05, 3.63) is 64.0 Å². The van der Waals surface area contributed by atoms with Crippen LogP contribution < -0.4 is 0 Å². The molecule has 1 heterocycles. The maximum atomic E-state index is 13.0. The highest BCUT2D eigenvalue weighted by Crippen LogP contribution is 2.34. The number of hydrogen-bond acceptors (Lipinski definition) is 5. The Hall–Kier alpha value is -3.06. The Morgan fingerprint density at radius 2 is 1.88 bits per heavy atom. The number of nitro groups is 1.